The average molecular weight is 626 g/mol. The molecule has 12 heteroatoms. The molecular weight excluding hydrogens is 599 g/mol. The third-order valence-electron chi connectivity index (χ3n) is 5.80. The van der Waals surface area contributed by atoms with E-state index in [1.165, 1.54) is 36.5 Å². The molecule has 0 aliphatic heterocycles. The van der Waals surface area contributed by atoms with Gasteiger partial charge in [0.1, 0.15) is 12.3 Å². The second-order valence-electron chi connectivity index (χ2n) is 8.99. The summed E-state index contributed by atoms with van der Waals surface area (Å²) in [6, 6.07) is 26.1. The second-order valence-corrected chi connectivity index (χ2v) is 11.7. The van der Waals surface area contributed by atoms with Gasteiger partial charge in [0.25, 0.3) is 21.8 Å². The molecule has 0 aliphatic rings. The topological polar surface area (TPSA) is 117 Å². The van der Waals surface area contributed by atoms with Gasteiger partial charge in [-0.1, -0.05) is 59.1 Å². The first-order chi connectivity index (χ1) is 20.1. The summed E-state index contributed by atoms with van der Waals surface area (Å²) in [7, 11) is -4.12. The fraction of sp³-hybridized carbons (Fsp3) is 0.100. The number of carbonyl (C=O) groups excluding carboxylic acids is 2. The molecule has 0 unspecified atom stereocenters. The minimum atomic E-state index is -4.12. The maximum absolute atomic E-state index is 13.4. The molecule has 0 saturated heterocycles. The van der Waals surface area contributed by atoms with Crippen molar-refractivity contribution in [3.8, 4) is 5.75 Å². The van der Waals surface area contributed by atoms with E-state index in [1.54, 1.807) is 42.5 Å². The van der Waals surface area contributed by atoms with Crippen LogP contribution in [0.1, 0.15) is 11.1 Å². The van der Waals surface area contributed by atoms with Gasteiger partial charge in [0.2, 0.25) is 0 Å². The van der Waals surface area contributed by atoms with Crippen LogP contribution in [0.4, 0.5) is 11.4 Å². The van der Waals surface area contributed by atoms with E-state index in [1.807, 2.05) is 31.2 Å². The number of hydrogen-bond acceptors (Lipinski definition) is 6. The van der Waals surface area contributed by atoms with Crippen LogP contribution in [0.3, 0.4) is 0 Å². The lowest BCUT2D eigenvalue weighted by Crippen LogP contribution is -2.39. The Morgan fingerprint density at radius 1 is 0.881 bits per heavy atom. The van der Waals surface area contributed by atoms with E-state index >= 15 is 0 Å². The van der Waals surface area contributed by atoms with Crippen molar-refractivity contribution in [2.24, 2.45) is 5.10 Å². The van der Waals surface area contributed by atoms with Gasteiger partial charge >= 0.3 is 0 Å². The third kappa shape index (κ3) is 8.32. The zero-order valence-electron chi connectivity index (χ0n) is 22.3. The number of aryl methyl sites for hydroxylation is 1. The lowest BCUT2D eigenvalue weighted by Gasteiger charge is -2.24. The van der Waals surface area contributed by atoms with E-state index < -0.39 is 22.5 Å². The molecule has 0 aliphatic carbocycles. The molecule has 216 valence electrons. The smallest absolute Gasteiger partial charge is 0.264 e. The molecule has 4 aromatic carbocycles. The van der Waals surface area contributed by atoms with Crippen LogP contribution in [-0.2, 0) is 19.6 Å². The molecule has 0 spiro atoms. The van der Waals surface area contributed by atoms with Gasteiger partial charge in [-0.25, -0.2) is 13.8 Å². The van der Waals surface area contributed by atoms with E-state index in [0.717, 1.165) is 9.87 Å². The standard InChI is InChI=1S/C30H26Cl2N4O5S/c1-21-7-11-23(12-8-21)34-30(38)20-41-25-14-9-22(10-15-25)18-33-35-29(37)19-36(24-13-16-27(31)28(32)17-24)42(39,40)26-5-3-2-4-6-26/h2-18H,19-20H2,1H3,(H,34,38)(H,35,37)/b33-18-. The highest BCUT2D eigenvalue weighted by atomic mass is 35.5. The van der Waals surface area contributed by atoms with Crippen LogP contribution < -0.4 is 19.8 Å². The number of sulfonamides is 1. The molecule has 0 heterocycles. The van der Waals surface area contributed by atoms with Crippen LogP contribution in [0.2, 0.25) is 10.0 Å². The Morgan fingerprint density at radius 2 is 1.57 bits per heavy atom. The number of hydrazone groups is 1. The van der Waals surface area contributed by atoms with Gasteiger partial charge in [0.05, 0.1) is 26.8 Å². The Morgan fingerprint density at radius 3 is 2.24 bits per heavy atom. The fourth-order valence-electron chi connectivity index (χ4n) is 3.65. The number of anilines is 2. The molecule has 0 fully saturated rings. The Kier molecular flexibility index (Phi) is 10.2. The molecule has 0 atom stereocenters. The summed E-state index contributed by atoms with van der Waals surface area (Å²) < 4.78 is 33.2. The summed E-state index contributed by atoms with van der Waals surface area (Å²) >= 11 is 12.1. The third-order valence-corrected chi connectivity index (χ3v) is 8.32. The van der Waals surface area contributed by atoms with Crippen molar-refractivity contribution < 1.29 is 22.7 Å². The summed E-state index contributed by atoms with van der Waals surface area (Å²) in [5.74, 6) is -0.508. The largest absolute Gasteiger partial charge is 0.484 e. The van der Waals surface area contributed by atoms with Gasteiger partial charge < -0.3 is 10.1 Å². The van der Waals surface area contributed by atoms with Crippen molar-refractivity contribution in [2.75, 3.05) is 22.8 Å². The first-order valence-electron chi connectivity index (χ1n) is 12.6. The molecule has 0 bridgehead atoms. The van der Waals surface area contributed by atoms with Gasteiger partial charge in [-0.3, -0.25) is 13.9 Å². The molecule has 2 N–H and O–H groups in total. The number of benzene rings is 4. The average Bonchev–Trinajstić information content (AvgIpc) is 2.98. The van der Waals surface area contributed by atoms with Crippen LogP contribution in [0.25, 0.3) is 0 Å². The Bertz CT molecular complexity index is 1680. The van der Waals surface area contributed by atoms with Crippen molar-refractivity contribution in [1.29, 1.82) is 0 Å². The lowest BCUT2D eigenvalue weighted by molar-refractivity contribution is -0.119. The number of amides is 2. The van der Waals surface area contributed by atoms with E-state index in [0.29, 0.717) is 17.0 Å². The van der Waals surface area contributed by atoms with Crippen molar-refractivity contribution in [3.63, 3.8) is 0 Å². The predicted octanol–water partition coefficient (Wildman–Crippen LogP) is 5.66. The first-order valence-corrected chi connectivity index (χ1v) is 14.8. The molecule has 2 amide bonds. The molecule has 42 heavy (non-hydrogen) atoms. The predicted molar refractivity (Wildman–Crippen MR) is 165 cm³/mol. The van der Waals surface area contributed by atoms with Crippen LogP contribution in [0.5, 0.6) is 5.75 Å². The molecule has 9 nitrogen and oxygen atoms in total. The van der Waals surface area contributed by atoms with Crippen molar-refractivity contribution in [3.05, 3.63) is 118 Å². The van der Waals surface area contributed by atoms with Crippen molar-refractivity contribution in [2.45, 2.75) is 11.8 Å². The Labute approximate surface area is 253 Å². The highest BCUT2D eigenvalue weighted by Gasteiger charge is 2.27. The van der Waals surface area contributed by atoms with Crippen LogP contribution in [-0.4, -0.2) is 39.6 Å². The van der Waals surface area contributed by atoms with Crippen LogP contribution in [0, 0.1) is 6.92 Å². The zero-order valence-corrected chi connectivity index (χ0v) is 24.7. The SMILES string of the molecule is Cc1ccc(NC(=O)COc2ccc(/C=N\NC(=O)CN(c3ccc(Cl)c(Cl)c3)S(=O)(=O)c3ccccc3)cc2)cc1. The lowest BCUT2D eigenvalue weighted by atomic mass is 10.2. The molecule has 4 rings (SSSR count). The summed E-state index contributed by atoms with van der Waals surface area (Å²) in [5, 5.41) is 7.07. The maximum Gasteiger partial charge on any atom is 0.264 e. The van der Waals surface area contributed by atoms with Crippen LogP contribution >= 0.6 is 23.2 Å². The van der Waals surface area contributed by atoms with Gasteiger partial charge in [-0.2, -0.15) is 5.10 Å². The Hall–Kier alpha value is -4.38. The monoisotopic (exact) mass is 624 g/mol. The number of rotatable bonds is 11. The Balaban J connectivity index is 1.35. The summed E-state index contributed by atoms with van der Waals surface area (Å²) in [4.78, 5) is 24.9. The molecule has 4 aromatic rings. The van der Waals surface area contributed by atoms with Gasteiger partial charge in [-0.15, -0.1) is 0 Å². The molecule has 0 aromatic heterocycles. The van der Waals surface area contributed by atoms with E-state index in [-0.39, 0.29) is 33.1 Å². The highest BCUT2D eigenvalue weighted by Crippen LogP contribution is 2.30. The second kappa shape index (κ2) is 14.0. The zero-order chi connectivity index (χ0) is 30.1. The highest BCUT2D eigenvalue weighted by molar-refractivity contribution is 7.92. The first kappa shape index (κ1) is 30.6. The summed E-state index contributed by atoms with van der Waals surface area (Å²) in [6.07, 6.45) is 1.39. The number of ether oxygens (including phenoxy) is 1. The number of nitrogens with zero attached hydrogens (tertiary/aromatic N) is 2. The van der Waals surface area contributed by atoms with E-state index in [4.69, 9.17) is 27.9 Å². The molecule has 0 radical (unpaired) electrons. The van der Waals surface area contributed by atoms with Crippen molar-refractivity contribution >= 4 is 62.6 Å². The summed E-state index contributed by atoms with van der Waals surface area (Å²) in [5.41, 5.74) is 4.91. The number of halogens is 2. The van der Waals surface area contributed by atoms with Gasteiger partial charge in [0.15, 0.2) is 6.61 Å². The molecule has 0 saturated carbocycles. The maximum atomic E-state index is 13.4. The molecular formula is C30H26Cl2N4O5S. The minimum Gasteiger partial charge on any atom is -0.484 e. The number of carbonyl (C=O) groups is 2. The minimum absolute atomic E-state index is 0.00214. The number of hydrogen-bond donors (Lipinski definition) is 2. The van der Waals surface area contributed by atoms with E-state index in [2.05, 4.69) is 15.8 Å². The van der Waals surface area contributed by atoms with Gasteiger partial charge in [0, 0.05) is 5.69 Å². The normalized spacial score (nSPS) is 11.2. The van der Waals surface area contributed by atoms with Gasteiger partial charge in [-0.05, 0) is 79.2 Å². The fourth-order valence-corrected chi connectivity index (χ4v) is 5.38. The number of nitrogens with one attached hydrogen (secondary N) is 2. The van der Waals surface area contributed by atoms with Crippen molar-refractivity contribution in [1.82, 2.24) is 5.43 Å². The summed E-state index contributed by atoms with van der Waals surface area (Å²) in [6.45, 7) is 1.23. The van der Waals surface area contributed by atoms with Crippen LogP contribution in [0.15, 0.2) is 107 Å². The van der Waals surface area contributed by atoms with E-state index in [9.17, 15) is 18.0 Å². The quantitative estimate of drug-likeness (QED) is 0.165.